The number of rotatable bonds is 26. The lowest BCUT2D eigenvalue weighted by atomic mass is 9.45. The van der Waals surface area contributed by atoms with Crippen LogP contribution in [0.25, 0.3) is 0 Å². The summed E-state index contributed by atoms with van der Waals surface area (Å²) in [4.78, 5) is 105. The van der Waals surface area contributed by atoms with Crippen molar-refractivity contribution >= 4 is 53.1 Å². The number of Topliss-reactive ketones (excluding diaryl/α,β-unsaturated/α-hetero) is 1. The number of fused-ring (bicyclic) bond motifs is 7. The van der Waals surface area contributed by atoms with Crippen LogP contribution in [0.5, 0.6) is 0 Å². The highest BCUT2D eigenvalue weighted by molar-refractivity contribution is 5.99. The van der Waals surface area contributed by atoms with Gasteiger partial charge in [0.1, 0.15) is 25.3 Å². The Morgan fingerprint density at radius 2 is 1.64 bits per heavy atom. The van der Waals surface area contributed by atoms with E-state index in [1.165, 1.54) is 6.42 Å². The summed E-state index contributed by atoms with van der Waals surface area (Å²) in [5.41, 5.74) is 10.9. The van der Waals surface area contributed by atoms with Crippen LogP contribution in [0.1, 0.15) is 156 Å². The first-order valence-corrected chi connectivity index (χ1v) is 29.6. The van der Waals surface area contributed by atoms with Gasteiger partial charge in [-0.05, 0) is 143 Å². The molecule has 1 heterocycles. The lowest BCUT2D eigenvalue weighted by Crippen LogP contribution is -2.64. The van der Waals surface area contributed by atoms with Gasteiger partial charge in [-0.15, -0.1) is 0 Å². The average Bonchev–Trinajstić information content (AvgIpc) is 2.87. The van der Waals surface area contributed by atoms with E-state index in [2.05, 4.69) is 39.6 Å². The van der Waals surface area contributed by atoms with Crippen LogP contribution < -0.4 is 38.1 Å². The summed E-state index contributed by atoms with van der Waals surface area (Å²) in [6, 6.07) is 2.57. The zero-order valence-electron chi connectivity index (χ0n) is 48.1. The summed E-state index contributed by atoms with van der Waals surface area (Å²) < 4.78 is 29.9. The van der Waals surface area contributed by atoms with Crippen molar-refractivity contribution in [3.63, 3.8) is 0 Å². The van der Waals surface area contributed by atoms with Crippen molar-refractivity contribution in [1.29, 1.82) is 0 Å². The Kier molecular flexibility index (Phi) is 22.1. The number of anilines is 1. The maximum absolute atomic E-state index is 14.6. The van der Waals surface area contributed by atoms with Crippen molar-refractivity contribution in [2.45, 2.75) is 205 Å². The summed E-state index contributed by atoms with van der Waals surface area (Å²) in [6.45, 7) is 9.33. The zero-order chi connectivity index (χ0) is 58.5. The van der Waals surface area contributed by atoms with E-state index in [-0.39, 0.29) is 73.6 Å². The highest BCUT2D eigenvalue weighted by Crippen LogP contribution is 2.70. The molecule has 1 saturated heterocycles. The van der Waals surface area contributed by atoms with Crippen molar-refractivity contribution in [3.8, 4) is 0 Å². The lowest BCUT2D eigenvalue weighted by Gasteiger charge is -2.60. The number of unbranched alkanes of at least 4 members (excludes halogenated alkanes) is 1. The third-order valence-corrected chi connectivity index (χ3v) is 18.1. The Balaban J connectivity index is 0.882. The van der Waals surface area contributed by atoms with Crippen LogP contribution in [0, 0.1) is 34.5 Å². The third kappa shape index (κ3) is 15.3. The molecule has 1 aliphatic heterocycles. The number of nitrogens with two attached hydrogens (primary N) is 2. The molecule has 5 aliphatic carbocycles. The Morgan fingerprint density at radius 3 is 2.38 bits per heavy atom. The van der Waals surface area contributed by atoms with Gasteiger partial charge < -0.3 is 66.8 Å². The SMILES string of the molecule is CCCC1O[C@@H]2CC3C4CCC5=CC(=O)CC[C@]5(C)C4[C@@H](O)C[C@]3(C)C2(C(=O)COC(=O)OCc2ccc(NC(=O)[C@H](CCCNC(N)=O)NC(=O)[C@@H](NC(=O)[C@H](N)CCCCNC(=O)COC3/C=C\CCCCC3)C(C)C)cc2)O1. The molecule has 10 N–H and O–H groups in total. The number of urea groups is 1. The number of primary amides is 1. The number of ketones is 2. The molecule has 4 fully saturated rings. The van der Waals surface area contributed by atoms with Crippen LogP contribution in [-0.4, -0.2) is 127 Å². The van der Waals surface area contributed by atoms with E-state index < -0.39 is 95.9 Å². The molecule has 21 nitrogen and oxygen atoms in total. The quantitative estimate of drug-likeness (QED) is 0.0307. The molecule has 6 aliphatic rings. The van der Waals surface area contributed by atoms with Crippen LogP contribution in [0.15, 0.2) is 48.1 Å². The van der Waals surface area contributed by atoms with Gasteiger partial charge in [-0.2, -0.15) is 0 Å². The van der Waals surface area contributed by atoms with E-state index in [0.717, 1.165) is 50.5 Å². The van der Waals surface area contributed by atoms with Crippen molar-refractivity contribution < 1.29 is 67.1 Å². The fourth-order valence-electron chi connectivity index (χ4n) is 13.9. The maximum Gasteiger partial charge on any atom is 0.509 e. The first-order valence-electron chi connectivity index (χ1n) is 29.6. The van der Waals surface area contributed by atoms with Crippen molar-refractivity contribution in [2.75, 3.05) is 31.6 Å². The van der Waals surface area contributed by atoms with Crippen LogP contribution in [0.2, 0.25) is 0 Å². The Labute approximate surface area is 476 Å². The molecule has 6 unspecified atom stereocenters. The fourth-order valence-corrected chi connectivity index (χ4v) is 13.9. The fraction of sp³-hybridized carbons (Fsp3) is 0.700. The Hall–Kier alpha value is -5.74. The Bertz CT molecular complexity index is 2470. The second-order valence-corrected chi connectivity index (χ2v) is 24.0. The van der Waals surface area contributed by atoms with Gasteiger partial charge in [0.25, 0.3) is 0 Å². The van der Waals surface area contributed by atoms with Crippen LogP contribution in [0.4, 0.5) is 15.3 Å². The van der Waals surface area contributed by atoms with Gasteiger partial charge in [0.15, 0.2) is 24.3 Å². The number of nitrogens with one attached hydrogen (secondary N) is 5. The van der Waals surface area contributed by atoms with Crippen LogP contribution in [0.3, 0.4) is 0 Å². The molecule has 81 heavy (non-hydrogen) atoms. The van der Waals surface area contributed by atoms with E-state index >= 15 is 0 Å². The number of carbonyl (C=O) groups excluding carboxylic acids is 8. The molecular weight excluding hydrogens is 1040 g/mol. The molecule has 6 amide bonds. The van der Waals surface area contributed by atoms with Crippen LogP contribution in [-0.2, 0) is 59.1 Å². The molecule has 21 heteroatoms. The molecule has 1 aromatic rings. The highest BCUT2D eigenvalue weighted by atomic mass is 16.8. The summed E-state index contributed by atoms with van der Waals surface area (Å²) in [6.07, 6.45) is 14.7. The van der Waals surface area contributed by atoms with Crippen LogP contribution >= 0.6 is 0 Å². The van der Waals surface area contributed by atoms with E-state index in [1.807, 2.05) is 19.9 Å². The van der Waals surface area contributed by atoms with Gasteiger partial charge in [-0.25, -0.2) is 9.59 Å². The molecule has 1 aromatic carbocycles. The van der Waals surface area contributed by atoms with E-state index in [0.29, 0.717) is 69.2 Å². The third-order valence-electron chi connectivity index (χ3n) is 18.1. The smallest absolute Gasteiger partial charge is 0.429 e. The lowest BCUT2D eigenvalue weighted by molar-refractivity contribution is -0.203. The molecule has 448 valence electrons. The van der Waals surface area contributed by atoms with Crippen molar-refractivity contribution in [3.05, 3.63) is 53.6 Å². The van der Waals surface area contributed by atoms with E-state index in [1.54, 1.807) is 44.2 Å². The van der Waals surface area contributed by atoms with Gasteiger partial charge in [-0.1, -0.05) is 83.7 Å². The molecule has 13 atom stereocenters. The topological polar surface area (TPSA) is 315 Å². The average molecular weight is 1130 g/mol. The number of carbonyl (C=O) groups is 8. The number of allylic oxidation sites excluding steroid dienone is 2. The summed E-state index contributed by atoms with van der Waals surface area (Å²) in [5.74, 6) is -2.68. The number of aliphatic hydroxyl groups excluding tert-OH is 1. The first kappa shape index (κ1) is 62.9. The summed E-state index contributed by atoms with van der Waals surface area (Å²) >= 11 is 0. The van der Waals surface area contributed by atoms with Crippen molar-refractivity contribution in [2.24, 2.45) is 46.0 Å². The molecule has 0 aromatic heterocycles. The largest absolute Gasteiger partial charge is 0.509 e. The predicted octanol–water partition coefficient (Wildman–Crippen LogP) is 5.83. The molecule has 0 spiro atoms. The number of aliphatic hydroxyl groups is 1. The van der Waals surface area contributed by atoms with Crippen molar-refractivity contribution in [1.82, 2.24) is 21.3 Å². The highest BCUT2D eigenvalue weighted by Gasteiger charge is 2.76. The molecule has 7 rings (SSSR count). The minimum atomic E-state index is -1.46. The molecule has 0 bridgehead atoms. The van der Waals surface area contributed by atoms with E-state index in [9.17, 15) is 43.5 Å². The first-order chi connectivity index (χ1) is 38.7. The monoisotopic (exact) mass is 1130 g/mol. The Morgan fingerprint density at radius 1 is 0.877 bits per heavy atom. The number of amides is 6. The summed E-state index contributed by atoms with van der Waals surface area (Å²) in [5, 5.41) is 25.7. The number of benzene rings is 1. The predicted molar refractivity (Wildman–Crippen MR) is 299 cm³/mol. The van der Waals surface area contributed by atoms with Gasteiger partial charge in [-0.3, -0.25) is 28.8 Å². The summed E-state index contributed by atoms with van der Waals surface area (Å²) in [7, 11) is 0. The molecule has 0 radical (unpaired) electrons. The number of ether oxygens (including phenoxy) is 5. The minimum absolute atomic E-state index is 0.0176. The maximum atomic E-state index is 14.6. The number of hydrogen-bond donors (Lipinski definition) is 8. The van der Waals surface area contributed by atoms with Gasteiger partial charge in [0.2, 0.25) is 29.4 Å². The molecular formula is C60H89N7O14. The minimum Gasteiger partial charge on any atom is -0.429 e. The van der Waals surface area contributed by atoms with Gasteiger partial charge in [0.05, 0.1) is 24.4 Å². The molecule has 3 saturated carbocycles. The second-order valence-electron chi connectivity index (χ2n) is 24.0. The van der Waals surface area contributed by atoms with Gasteiger partial charge >= 0.3 is 12.2 Å². The van der Waals surface area contributed by atoms with E-state index in [4.69, 9.17) is 35.2 Å². The number of hydrogen-bond acceptors (Lipinski definition) is 15. The van der Waals surface area contributed by atoms with Gasteiger partial charge in [0, 0.05) is 30.6 Å². The second kappa shape index (κ2) is 28.5. The normalized spacial score (nSPS) is 30.0. The zero-order valence-corrected chi connectivity index (χ0v) is 48.1. The standard InChI is InChI=1S/C60H89N7O14/c1-6-15-50-80-48-31-43-42-25-22-38-30-40(68)26-27-58(38,4)51(42)46(69)32-59(43,5)60(48,81-50)47(70)34-79-57(76)78-33-37-20-23-39(24-21-37)65-54(73)45(19-14-29-64-56(62)75)66-55(74)52(36(2)3)67-53(72)44(61)18-12-13-28-63-49(71)35-77-41-16-10-8-7-9-11-17-41/h10,16,20-21,23-24,30,36,41-46,48,50-52,69H,6-9,11-15,17-19,22,25-29,31-35,61H2,1-5H3,(H,63,71)(H,65,73)(H,66,74)(H,67,72)(H3,62,64,75)/b16-10-/t41?,42?,43?,44-,45+,46+,48-,50?,51?,52+,58+,59+,60?/m1/s1.